The molecule has 2 aromatic rings. The van der Waals surface area contributed by atoms with Gasteiger partial charge < -0.3 is 15.0 Å². The van der Waals surface area contributed by atoms with E-state index in [-0.39, 0.29) is 5.91 Å². The Kier molecular flexibility index (Phi) is 4.11. The van der Waals surface area contributed by atoms with Crippen LogP contribution in [0.2, 0.25) is 0 Å². The van der Waals surface area contributed by atoms with Crippen LogP contribution in [0.4, 0.5) is 0 Å². The zero-order chi connectivity index (χ0) is 15.5. The molecule has 0 unspecified atom stereocenters. The Labute approximate surface area is 130 Å². The number of carbonyl (C=O) groups excluding carboxylic acids is 1. The van der Waals surface area contributed by atoms with Gasteiger partial charge in [0.2, 0.25) is 0 Å². The van der Waals surface area contributed by atoms with Crippen molar-refractivity contribution >= 4 is 5.91 Å². The number of amides is 1. The molecule has 1 amide bonds. The minimum atomic E-state index is 0.0143. The molecule has 4 nitrogen and oxygen atoms in total. The lowest BCUT2D eigenvalue weighted by atomic mass is 10.0. The molecule has 1 heterocycles. The van der Waals surface area contributed by atoms with Gasteiger partial charge in [0.1, 0.15) is 12.4 Å². The molecule has 114 valence electrons. The number of nitrogens with one attached hydrogen (secondary N) is 1. The van der Waals surface area contributed by atoms with E-state index in [1.165, 1.54) is 0 Å². The number of likely N-dealkylation sites (N-methyl/N-ethyl adjacent to an activating group) is 1. The van der Waals surface area contributed by atoms with Gasteiger partial charge in [-0.15, -0.1) is 0 Å². The molecule has 2 aromatic carbocycles. The lowest BCUT2D eigenvalue weighted by molar-refractivity contribution is 0.0966. The van der Waals surface area contributed by atoms with Crippen molar-refractivity contribution in [2.75, 3.05) is 27.2 Å². The number of hydrogen-bond acceptors (Lipinski definition) is 3. The van der Waals surface area contributed by atoms with Gasteiger partial charge >= 0.3 is 0 Å². The largest absolute Gasteiger partial charge is 0.492 e. The normalized spacial score (nSPS) is 13.1. The van der Waals surface area contributed by atoms with Crippen molar-refractivity contribution in [1.82, 2.24) is 10.2 Å². The van der Waals surface area contributed by atoms with E-state index in [4.69, 9.17) is 4.74 Å². The third-order valence-electron chi connectivity index (χ3n) is 3.79. The van der Waals surface area contributed by atoms with E-state index >= 15 is 0 Å². The fourth-order valence-electron chi connectivity index (χ4n) is 2.48. The SMILES string of the molecule is CN(C)CCOc1ccc(-c2ccc3c(c2)C(=O)NC3)cc1. The van der Waals surface area contributed by atoms with E-state index < -0.39 is 0 Å². The monoisotopic (exact) mass is 296 g/mol. The first-order chi connectivity index (χ1) is 10.6. The van der Waals surface area contributed by atoms with Crippen molar-refractivity contribution in [3.8, 4) is 16.9 Å². The van der Waals surface area contributed by atoms with Crippen LogP contribution in [0.3, 0.4) is 0 Å². The van der Waals surface area contributed by atoms with Crippen LogP contribution in [0.15, 0.2) is 42.5 Å². The van der Waals surface area contributed by atoms with Gasteiger partial charge in [0.15, 0.2) is 0 Å². The zero-order valence-electron chi connectivity index (χ0n) is 12.9. The molecule has 0 atom stereocenters. The summed E-state index contributed by atoms with van der Waals surface area (Å²) >= 11 is 0. The van der Waals surface area contributed by atoms with Crippen LogP contribution < -0.4 is 10.1 Å². The Bertz CT molecular complexity index is 678. The standard InChI is InChI=1S/C18H20N2O2/c1-20(2)9-10-22-16-7-5-13(6-8-16)14-3-4-15-12-19-18(21)17(15)11-14/h3-8,11H,9-10,12H2,1-2H3,(H,19,21). The van der Waals surface area contributed by atoms with Crippen LogP contribution in [0.25, 0.3) is 11.1 Å². The van der Waals surface area contributed by atoms with Crippen LogP contribution >= 0.6 is 0 Å². The smallest absolute Gasteiger partial charge is 0.251 e. The molecule has 1 aliphatic heterocycles. The van der Waals surface area contributed by atoms with Crippen LogP contribution in [0, 0.1) is 0 Å². The number of carbonyl (C=O) groups is 1. The molecule has 0 saturated heterocycles. The number of nitrogens with zero attached hydrogens (tertiary/aromatic N) is 1. The average Bonchev–Trinajstić information content (AvgIpc) is 2.89. The van der Waals surface area contributed by atoms with E-state index in [2.05, 4.69) is 16.3 Å². The Morgan fingerprint density at radius 3 is 2.55 bits per heavy atom. The van der Waals surface area contributed by atoms with Crippen LogP contribution in [0.1, 0.15) is 15.9 Å². The lowest BCUT2D eigenvalue weighted by Gasteiger charge is -2.11. The second kappa shape index (κ2) is 6.20. The van der Waals surface area contributed by atoms with Crippen molar-refractivity contribution < 1.29 is 9.53 Å². The number of fused-ring (bicyclic) bond motifs is 1. The molecular formula is C18H20N2O2. The summed E-state index contributed by atoms with van der Waals surface area (Å²) in [4.78, 5) is 13.8. The van der Waals surface area contributed by atoms with Crippen molar-refractivity contribution in [3.63, 3.8) is 0 Å². The van der Waals surface area contributed by atoms with Crippen molar-refractivity contribution in [2.45, 2.75) is 6.54 Å². The molecule has 0 fully saturated rings. The second-order valence-electron chi connectivity index (χ2n) is 5.73. The summed E-state index contributed by atoms with van der Waals surface area (Å²) in [7, 11) is 4.05. The minimum absolute atomic E-state index is 0.0143. The van der Waals surface area contributed by atoms with Crippen molar-refractivity contribution in [1.29, 1.82) is 0 Å². The first kappa shape index (κ1) is 14.6. The number of hydrogen-bond donors (Lipinski definition) is 1. The highest BCUT2D eigenvalue weighted by Crippen LogP contribution is 2.26. The van der Waals surface area contributed by atoms with Gasteiger partial charge in [-0.3, -0.25) is 4.79 Å². The molecule has 0 aromatic heterocycles. The highest BCUT2D eigenvalue weighted by molar-refractivity contribution is 5.99. The van der Waals surface area contributed by atoms with Gasteiger partial charge in [-0.25, -0.2) is 0 Å². The van der Waals surface area contributed by atoms with Crippen LogP contribution in [-0.2, 0) is 6.54 Å². The van der Waals surface area contributed by atoms with Crippen molar-refractivity contribution in [3.05, 3.63) is 53.6 Å². The molecule has 0 saturated carbocycles. The number of ether oxygens (including phenoxy) is 1. The quantitative estimate of drug-likeness (QED) is 0.922. The fourth-order valence-corrected chi connectivity index (χ4v) is 2.48. The zero-order valence-corrected chi connectivity index (χ0v) is 12.9. The molecule has 1 N–H and O–H groups in total. The third kappa shape index (κ3) is 3.12. The summed E-state index contributed by atoms with van der Waals surface area (Å²) in [5, 5.41) is 2.84. The highest BCUT2D eigenvalue weighted by atomic mass is 16.5. The van der Waals surface area contributed by atoms with E-state index in [0.717, 1.165) is 34.5 Å². The molecule has 22 heavy (non-hydrogen) atoms. The molecule has 3 rings (SSSR count). The maximum absolute atomic E-state index is 11.7. The molecule has 0 radical (unpaired) electrons. The molecular weight excluding hydrogens is 276 g/mol. The summed E-state index contributed by atoms with van der Waals surface area (Å²) in [6.45, 7) is 2.19. The topological polar surface area (TPSA) is 41.6 Å². The fraction of sp³-hybridized carbons (Fsp3) is 0.278. The number of benzene rings is 2. The predicted octanol–water partition coefficient (Wildman–Crippen LogP) is 2.54. The third-order valence-corrected chi connectivity index (χ3v) is 3.79. The van der Waals surface area contributed by atoms with Gasteiger partial charge in [-0.05, 0) is 49.0 Å². The molecule has 0 spiro atoms. The molecule has 1 aliphatic rings. The highest BCUT2D eigenvalue weighted by Gasteiger charge is 2.18. The van der Waals surface area contributed by atoms with E-state index in [1.54, 1.807) is 0 Å². The predicted molar refractivity (Wildman–Crippen MR) is 87.1 cm³/mol. The summed E-state index contributed by atoms with van der Waals surface area (Å²) in [5.41, 5.74) is 3.99. The van der Waals surface area contributed by atoms with Gasteiger partial charge in [0.05, 0.1) is 0 Å². The van der Waals surface area contributed by atoms with Crippen LogP contribution in [-0.4, -0.2) is 38.1 Å². The molecule has 0 aliphatic carbocycles. The summed E-state index contributed by atoms with van der Waals surface area (Å²) in [6, 6.07) is 14.0. The molecule has 4 heteroatoms. The Hall–Kier alpha value is -2.33. The second-order valence-corrected chi connectivity index (χ2v) is 5.73. The van der Waals surface area contributed by atoms with E-state index in [0.29, 0.717) is 13.2 Å². The van der Waals surface area contributed by atoms with E-state index in [1.807, 2.05) is 50.5 Å². The lowest BCUT2D eigenvalue weighted by Crippen LogP contribution is -2.19. The first-order valence-corrected chi connectivity index (χ1v) is 7.42. The van der Waals surface area contributed by atoms with E-state index in [9.17, 15) is 4.79 Å². The Morgan fingerprint density at radius 1 is 1.09 bits per heavy atom. The van der Waals surface area contributed by atoms with Crippen molar-refractivity contribution in [2.24, 2.45) is 0 Å². The average molecular weight is 296 g/mol. The summed E-state index contributed by atoms with van der Waals surface area (Å²) in [6.07, 6.45) is 0. The first-order valence-electron chi connectivity index (χ1n) is 7.42. The van der Waals surface area contributed by atoms with Crippen LogP contribution in [0.5, 0.6) is 5.75 Å². The number of rotatable bonds is 5. The van der Waals surface area contributed by atoms with Gasteiger partial charge in [0, 0.05) is 18.7 Å². The Balaban J connectivity index is 1.73. The molecule has 0 bridgehead atoms. The maximum atomic E-state index is 11.7. The maximum Gasteiger partial charge on any atom is 0.251 e. The van der Waals surface area contributed by atoms with Gasteiger partial charge in [-0.1, -0.05) is 24.3 Å². The summed E-state index contributed by atoms with van der Waals surface area (Å²) in [5.74, 6) is 0.880. The minimum Gasteiger partial charge on any atom is -0.492 e. The van der Waals surface area contributed by atoms with Gasteiger partial charge in [-0.2, -0.15) is 0 Å². The summed E-state index contributed by atoms with van der Waals surface area (Å²) < 4.78 is 5.69. The Morgan fingerprint density at radius 2 is 1.82 bits per heavy atom. The van der Waals surface area contributed by atoms with Gasteiger partial charge in [0.25, 0.3) is 5.91 Å².